The number of sulfone groups is 1. The quantitative estimate of drug-likeness (QED) is 0.908. The molecule has 0 unspecified atom stereocenters. The van der Waals surface area contributed by atoms with Crippen LogP contribution >= 0.6 is 23.2 Å². The predicted octanol–water partition coefficient (Wildman–Crippen LogP) is 1.91. The number of amides is 1. The van der Waals surface area contributed by atoms with E-state index >= 15 is 0 Å². The van der Waals surface area contributed by atoms with E-state index < -0.39 is 15.7 Å². The van der Waals surface area contributed by atoms with Crippen molar-refractivity contribution in [3.05, 3.63) is 33.8 Å². The average Bonchev–Trinajstić information content (AvgIpc) is 2.57. The van der Waals surface area contributed by atoms with Crippen molar-refractivity contribution in [2.24, 2.45) is 0 Å². The van der Waals surface area contributed by atoms with Crippen LogP contribution in [0.15, 0.2) is 18.2 Å². The molecule has 0 bridgehead atoms. The fraction of sp³-hybridized carbons (Fsp3) is 0.364. The molecule has 1 aromatic rings. The molecular weight excluding hydrogens is 297 g/mol. The van der Waals surface area contributed by atoms with Gasteiger partial charge in [0.25, 0.3) is 5.91 Å². The summed E-state index contributed by atoms with van der Waals surface area (Å²) in [5, 5.41) is 3.15. The Hall–Kier alpha value is -0.780. The third kappa shape index (κ3) is 2.96. The average molecular weight is 308 g/mol. The largest absolute Gasteiger partial charge is 0.348 e. The van der Waals surface area contributed by atoms with E-state index in [4.69, 9.17) is 23.2 Å². The SMILES string of the molecule is O=C(N[C@H]1CCS(=O)(=O)C1)c1c(Cl)cccc1Cl. The molecule has 1 atom stereocenters. The Morgan fingerprint density at radius 3 is 2.39 bits per heavy atom. The number of carbonyl (C=O) groups excluding carboxylic acids is 1. The molecule has 4 nitrogen and oxygen atoms in total. The van der Waals surface area contributed by atoms with Gasteiger partial charge in [-0.1, -0.05) is 29.3 Å². The summed E-state index contributed by atoms with van der Waals surface area (Å²) in [7, 11) is -3.02. The molecule has 0 saturated carbocycles. The van der Waals surface area contributed by atoms with Crippen molar-refractivity contribution in [2.45, 2.75) is 12.5 Å². The number of hydrogen-bond acceptors (Lipinski definition) is 3. The zero-order valence-electron chi connectivity index (χ0n) is 9.32. The van der Waals surface area contributed by atoms with Crippen molar-refractivity contribution in [1.29, 1.82) is 0 Å². The van der Waals surface area contributed by atoms with Gasteiger partial charge in [0.1, 0.15) is 0 Å². The summed E-state index contributed by atoms with van der Waals surface area (Å²) >= 11 is 11.8. The first-order valence-corrected chi connectivity index (χ1v) is 7.92. The van der Waals surface area contributed by atoms with Gasteiger partial charge in [-0.15, -0.1) is 0 Å². The standard InChI is InChI=1S/C11H11Cl2NO3S/c12-8-2-1-3-9(13)10(8)11(15)14-7-4-5-18(16,17)6-7/h1-3,7H,4-6H2,(H,14,15)/t7-/m0/s1. The van der Waals surface area contributed by atoms with E-state index in [1.165, 1.54) is 0 Å². The number of rotatable bonds is 2. The Labute approximate surface area is 115 Å². The molecule has 1 fully saturated rings. The summed E-state index contributed by atoms with van der Waals surface area (Å²) in [6, 6.07) is 4.40. The summed E-state index contributed by atoms with van der Waals surface area (Å²) < 4.78 is 22.6. The molecule has 1 aromatic carbocycles. The second-order valence-corrected chi connectivity index (χ2v) is 7.21. The minimum absolute atomic E-state index is 0.0270. The number of hydrogen-bond donors (Lipinski definition) is 1. The van der Waals surface area contributed by atoms with E-state index in [-0.39, 0.29) is 33.2 Å². The summed E-state index contributed by atoms with van der Waals surface area (Å²) in [5.74, 6) is -0.359. The van der Waals surface area contributed by atoms with Crippen LogP contribution in [0.1, 0.15) is 16.8 Å². The molecule has 0 aliphatic carbocycles. The first-order valence-electron chi connectivity index (χ1n) is 5.34. The van der Waals surface area contributed by atoms with E-state index in [0.29, 0.717) is 6.42 Å². The Bertz CT molecular complexity index is 566. The van der Waals surface area contributed by atoms with E-state index in [1.54, 1.807) is 18.2 Å². The minimum atomic E-state index is -3.02. The maximum Gasteiger partial charge on any atom is 0.254 e. The fourth-order valence-electron chi connectivity index (χ4n) is 1.88. The van der Waals surface area contributed by atoms with Crippen LogP contribution in [0, 0.1) is 0 Å². The lowest BCUT2D eigenvalue weighted by Gasteiger charge is -2.12. The van der Waals surface area contributed by atoms with E-state index in [2.05, 4.69) is 5.32 Å². The van der Waals surface area contributed by atoms with Crippen LogP contribution in [0.3, 0.4) is 0 Å². The molecule has 18 heavy (non-hydrogen) atoms. The lowest BCUT2D eigenvalue weighted by atomic mass is 10.2. The van der Waals surface area contributed by atoms with Crippen LogP contribution in [0.5, 0.6) is 0 Å². The second-order valence-electron chi connectivity index (χ2n) is 4.17. The molecule has 1 saturated heterocycles. The van der Waals surface area contributed by atoms with Gasteiger partial charge in [0.05, 0.1) is 27.1 Å². The van der Waals surface area contributed by atoms with Gasteiger partial charge in [0.2, 0.25) is 0 Å². The van der Waals surface area contributed by atoms with Gasteiger partial charge in [-0.2, -0.15) is 0 Å². The third-order valence-electron chi connectivity index (χ3n) is 2.76. The lowest BCUT2D eigenvalue weighted by Crippen LogP contribution is -2.35. The lowest BCUT2D eigenvalue weighted by molar-refractivity contribution is 0.0941. The molecule has 1 aliphatic heterocycles. The Kier molecular flexibility index (Phi) is 3.84. The summed E-state index contributed by atoms with van der Waals surface area (Å²) in [6.07, 6.45) is 0.427. The van der Waals surface area contributed by atoms with Crippen molar-refractivity contribution in [1.82, 2.24) is 5.32 Å². The highest BCUT2D eigenvalue weighted by atomic mass is 35.5. The highest BCUT2D eigenvalue weighted by molar-refractivity contribution is 7.91. The van der Waals surface area contributed by atoms with Gasteiger partial charge >= 0.3 is 0 Å². The van der Waals surface area contributed by atoms with Crippen LogP contribution in [0.2, 0.25) is 10.0 Å². The maximum absolute atomic E-state index is 12.0. The predicted molar refractivity (Wildman–Crippen MR) is 71.0 cm³/mol. The highest BCUT2D eigenvalue weighted by Crippen LogP contribution is 2.24. The van der Waals surface area contributed by atoms with Gasteiger partial charge in [-0.05, 0) is 18.6 Å². The molecule has 7 heteroatoms. The third-order valence-corrected chi connectivity index (χ3v) is 5.16. The van der Waals surface area contributed by atoms with E-state index in [1.807, 2.05) is 0 Å². The second kappa shape index (κ2) is 5.07. The number of nitrogens with one attached hydrogen (secondary N) is 1. The minimum Gasteiger partial charge on any atom is -0.348 e. The topological polar surface area (TPSA) is 63.2 Å². The van der Waals surface area contributed by atoms with E-state index in [0.717, 1.165) is 0 Å². The Morgan fingerprint density at radius 1 is 1.28 bits per heavy atom. The molecule has 1 aliphatic rings. The Balaban J connectivity index is 2.14. The van der Waals surface area contributed by atoms with Crippen LogP contribution in [0.4, 0.5) is 0 Å². The van der Waals surface area contributed by atoms with Gasteiger partial charge in [0.15, 0.2) is 9.84 Å². The normalized spacial score (nSPS) is 21.8. The molecule has 0 spiro atoms. The number of benzene rings is 1. The molecule has 0 radical (unpaired) electrons. The molecule has 0 aromatic heterocycles. The summed E-state index contributed by atoms with van der Waals surface area (Å²) in [5.41, 5.74) is 0.185. The zero-order valence-corrected chi connectivity index (χ0v) is 11.6. The van der Waals surface area contributed by atoms with Crippen LogP contribution in [0.25, 0.3) is 0 Å². The molecule has 98 valence electrons. The molecular formula is C11H11Cl2NO3S. The first-order chi connectivity index (χ1) is 8.39. The number of halogens is 2. The van der Waals surface area contributed by atoms with Crippen LogP contribution in [-0.4, -0.2) is 31.9 Å². The zero-order chi connectivity index (χ0) is 13.3. The number of carbonyl (C=O) groups is 1. The van der Waals surface area contributed by atoms with E-state index in [9.17, 15) is 13.2 Å². The van der Waals surface area contributed by atoms with Gasteiger partial charge < -0.3 is 5.32 Å². The van der Waals surface area contributed by atoms with Gasteiger partial charge in [-0.3, -0.25) is 4.79 Å². The molecule has 1 amide bonds. The molecule has 1 N–H and O–H groups in total. The van der Waals surface area contributed by atoms with Gasteiger partial charge in [-0.25, -0.2) is 8.42 Å². The van der Waals surface area contributed by atoms with Crippen molar-refractivity contribution < 1.29 is 13.2 Å². The highest BCUT2D eigenvalue weighted by Gasteiger charge is 2.29. The van der Waals surface area contributed by atoms with Crippen molar-refractivity contribution in [3.8, 4) is 0 Å². The molecule has 1 heterocycles. The van der Waals surface area contributed by atoms with Crippen molar-refractivity contribution in [3.63, 3.8) is 0 Å². The summed E-state index contributed by atoms with van der Waals surface area (Å²) in [6.45, 7) is 0. The maximum atomic E-state index is 12.0. The van der Waals surface area contributed by atoms with Crippen molar-refractivity contribution in [2.75, 3.05) is 11.5 Å². The Morgan fingerprint density at radius 2 is 1.89 bits per heavy atom. The first kappa shape index (κ1) is 13.6. The molecule has 2 rings (SSSR count). The van der Waals surface area contributed by atoms with Crippen LogP contribution < -0.4 is 5.32 Å². The fourth-order valence-corrected chi connectivity index (χ4v) is 4.12. The summed E-state index contributed by atoms with van der Waals surface area (Å²) in [4.78, 5) is 12.0. The van der Waals surface area contributed by atoms with Crippen LogP contribution in [-0.2, 0) is 9.84 Å². The van der Waals surface area contributed by atoms with Crippen molar-refractivity contribution >= 4 is 38.9 Å². The van der Waals surface area contributed by atoms with Gasteiger partial charge in [0, 0.05) is 6.04 Å². The smallest absolute Gasteiger partial charge is 0.254 e. The monoisotopic (exact) mass is 307 g/mol.